The standard InChI is InChI=1S/C18H21N3O3.2ClH/c19-17(13-7-10-23-11-8-13)18(22)21-14-4-3-5-15(12-14)24-16-6-1-2-9-20-16;;/h1-6,9,12-13,17H,7-8,10-11,19H2,(H,21,22);2*1H. The number of halogens is 2. The maximum atomic E-state index is 12.4. The SMILES string of the molecule is Cl.Cl.NC(C(=O)Nc1cccc(Oc2ccccn2)c1)C1CCOCC1. The molecule has 0 saturated carbocycles. The number of nitrogens with two attached hydrogens (primary N) is 1. The molecule has 0 bridgehead atoms. The van der Waals surface area contributed by atoms with Crippen molar-refractivity contribution >= 4 is 36.4 Å². The Labute approximate surface area is 165 Å². The number of carbonyl (C=O) groups excluding carboxylic acids is 1. The van der Waals surface area contributed by atoms with E-state index in [0.717, 1.165) is 12.8 Å². The number of nitrogens with zero attached hydrogens (tertiary/aromatic N) is 1. The molecule has 3 rings (SSSR count). The zero-order chi connectivity index (χ0) is 16.8. The first-order valence-corrected chi connectivity index (χ1v) is 8.05. The Morgan fingerprint density at radius 1 is 1.19 bits per heavy atom. The fraction of sp³-hybridized carbons (Fsp3) is 0.333. The van der Waals surface area contributed by atoms with E-state index in [1.54, 1.807) is 24.4 Å². The molecule has 1 atom stereocenters. The van der Waals surface area contributed by atoms with Crippen molar-refractivity contribution in [3.05, 3.63) is 48.7 Å². The Balaban J connectivity index is 0.00000169. The van der Waals surface area contributed by atoms with Crippen molar-refractivity contribution in [1.82, 2.24) is 4.98 Å². The van der Waals surface area contributed by atoms with Crippen molar-refractivity contribution in [3.8, 4) is 11.6 Å². The van der Waals surface area contributed by atoms with Gasteiger partial charge in [-0.15, -0.1) is 24.8 Å². The maximum Gasteiger partial charge on any atom is 0.241 e. The van der Waals surface area contributed by atoms with Crippen molar-refractivity contribution in [3.63, 3.8) is 0 Å². The smallest absolute Gasteiger partial charge is 0.241 e. The third kappa shape index (κ3) is 6.14. The second kappa shape index (κ2) is 11.0. The van der Waals surface area contributed by atoms with Gasteiger partial charge >= 0.3 is 0 Å². The average molecular weight is 400 g/mol. The molecule has 142 valence electrons. The fourth-order valence-corrected chi connectivity index (χ4v) is 2.68. The first kappa shape index (κ1) is 22.2. The van der Waals surface area contributed by atoms with Crippen LogP contribution in [0.5, 0.6) is 11.6 Å². The number of hydrogen-bond donors (Lipinski definition) is 2. The summed E-state index contributed by atoms with van der Waals surface area (Å²) in [6.07, 6.45) is 3.29. The van der Waals surface area contributed by atoms with Crippen LogP contribution in [-0.2, 0) is 9.53 Å². The molecule has 2 heterocycles. The summed E-state index contributed by atoms with van der Waals surface area (Å²) in [7, 11) is 0. The fourth-order valence-electron chi connectivity index (χ4n) is 2.68. The third-order valence-electron chi connectivity index (χ3n) is 4.04. The van der Waals surface area contributed by atoms with Crippen molar-refractivity contribution in [2.24, 2.45) is 11.7 Å². The number of anilines is 1. The molecule has 1 amide bonds. The number of ether oxygens (including phenoxy) is 2. The molecular weight excluding hydrogens is 377 g/mol. The maximum absolute atomic E-state index is 12.4. The van der Waals surface area contributed by atoms with Crippen LogP contribution >= 0.6 is 24.8 Å². The lowest BCUT2D eigenvalue weighted by molar-refractivity contribution is -0.119. The minimum Gasteiger partial charge on any atom is -0.439 e. The second-order valence-electron chi connectivity index (χ2n) is 5.76. The number of amides is 1. The van der Waals surface area contributed by atoms with Gasteiger partial charge in [-0.05, 0) is 37.0 Å². The van der Waals surface area contributed by atoms with Crippen LogP contribution in [0.4, 0.5) is 5.69 Å². The number of nitrogens with one attached hydrogen (secondary N) is 1. The molecule has 1 saturated heterocycles. The van der Waals surface area contributed by atoms with Crippen molar-refractivity contribution in [1.29, 1.82) is 0 Å². The van der Waals surface area contributed by atoms with Crippen LogP contribution in [0.3, 0.4) is 0 Å². The highest BCUT2D eigenvalue weighted by atomic mass is 35.5. The highest BCUT2D eigenvalue weighted by Gasteiger charge is 2.26. The Kier molecular flexibility index (Phi) is 9.37. The van der Waals surface area contributed by atoms with Gasteiger partial charge in [-0.2, -0.15) is 0 Å². The van der Waals surface area contributed by atoms with E-state index in [2.05, 4.69) is 10.3 Å². The molecular formula is C18H23Cl2N3O3. The van der Waals surface area contributed by atoms with Gasteiger partial charge in [0.2, 0.25) is 11.8 Å². The van der Waals surface area contributed by atoms with E-state index in [4.69, 9.17) is 15.2 Å². The van der Waals surface area contributed by atoms with Crippen molar-refractivity contribution < 1.29 is 14.3 Å². The van der Waals surface area contributed by atoms with Crippen LogP contribution in [0, 0.1) is 5.92 Å². The summed E-state index contributed by atoms with van der Waals surface area (Å²) in [5, 5.41) is 2.86. The molecule has 3 N–H and O–H groups in total. The molecule has 0 spiro atoms. The molecule has 1 aliphatic heterocycles. The van der Waals surface area contributed by atoms with E-state index in [-0.39, 0.29) is 36.6 Å². The monoisotopic (exact) mass is 399 g/mol. The summed E-state index contributed by atoms with van der Waals surface area (Å²) in [6, 6.07) is 12.1. The predicted octanol–water partition coefficient (Wildman–Crippen LogP) is 3.41. The zero-order valence-electron chi connectivity index (χ0n) is 14.2. The van der Waals surface area contributed by atoms with Crippen molar-refractivity contribution in [2.45, 2.75) is 18.9 Å². The zero-order valence-corrected chi connectivity index (χ0v) is 15.8. The number of pyridine rings is 1. The first-order chi connectivity index (χ1) is 11.7. The highest BCUT2D eigenvalue weighted by molar-refractivity contribution is 5.95. The normalized spacial score (nSPS) is 15.1. The molecule has 1 unspecified atom stereocenters. The van der Waals surface area contributed by atoms with Gasteiger partial charge in [-0.25, -0.2) is 4.98 Å². The van der Waals surface area contributed by atoms with Gasteiger partial charge in [-0.1, -0.05) is 12.1 Å². The molecule has 1 aliphatic rings. The van der Waals surface area contributed by atoms with Gasteiger partial charge < -0.3 is 20.5 Å². The minimum atomic E-state index is -0.533. The molecule has 6 nitrogen and oxygen atoms in total. The molecule has 1 aromatic heterocycles. The molecule has 0 radical (unpaired) electrons. The van der Waals surface area contributed by atoms with E-state index < -0.39 is 6.04 Å². The summed E-state index contributed by atoms with van der Waals surface area (Å²) in [5.41, 5.74) is 6.74. The molecule has 8 heteroatoms. The number of carbonyl (C=O) groups is 1. The lowest BCUT2D eigenvalue weighted by Gasteiger charge is -2.26. The second-order valence-corrected chi connectivity index (χ2v) is 5.76. The lowest BCUT2D eigenvalue weighted by Crippen LogP contribution is -2.43. The van der Waals surface area contributed by atoms with E-state index >= 15 is 0 Å². The Morgan fingerprint density at radius 3 is 2.65 bits per heavy atom. The number of aromatic nitrogens is 1. The topological polar surface area (TPSA) is 86.5 Å². The number of hydrogen-bond acceptors (Lipinski definition) is 5. The summed E-state index contributed by atoms with van der Waals surface area (Å²) >= 11 is 0. The van der Waals surface area contributed by atoms with E-state index in [1.165, 1.54) is 0 Å². The summed E-state index contributed by atoms with van der Waals surface area (Å²) in [5.74, 6) is 1.08. The number of rotatable bonds is 5. The Morgan fingerprint density at radius 2 is 1.96 bits per heavy atom. The molecule has 1 fully saturated rings. The van der Waals surface area contributed by atoms with Gasteiger partial charge in [0.25, 0.3) is 0 Å². The molecule has 2 aromatic rings. The van der Waals surface area contributed by atoms with Crippen LogP contribution in [0.25, 0.3) is 0 Å². The molecule has 26 heavy (non-hydrogen) atoms. The summed E-state index contributed by atoms with van der Waals surface area (Å²) in [4.78, 5) is 16.5. The van der Waals surface area contributed by atoms with Crippen LogP contribution < -0.4 is 15.8 Å². The van der Waals surface area contributed by atoms with Crippen molar-refractivity contribution in [2.75, 3.05) is 18.5 Å². The Hall–Kier alpha value is -1.86. The van der Waals surface area contributed by atoms with Crippen LogP contribution in [-0.4, -0.2) is 30.1 Å². The van der Waals surface area contributed by atoms with E-state index in [9.17, 15) is 4.79 Å². The first-order valence-electron chi connectivity index (χ1n) is 8.05. The van der Waals surface area contributed by atoms with Crippen LogP contribution in [0.2, 0.25) is 0 Å². The number of benzene rings is 1. The molecule has 0 aliphatic carbocycles. The minimum absolute atomic E-state index is 0. The average Bonchev–Trinajstić information content (AvgIpc) is 2.63. The summed E-state index contributed by atoms with van der Waals surface area (Å²) in [6.45, 7) is 1.33. The van der Waals surface area contributed by atoms with Gasteiger partial charge in [0.15, 0.2) is 0 Å². The van der Waals surface area contributed by atoms with Gasteiger partial charge in [0.1, 0.15) is 5.75 Å². The quantitative estimate of drug-likeness (QED) is 0.804. The largest absolute Gasteiger partial charge is 0.439 e. The van der Waals surface area contributed by atoms with Crippen LogP contribution in [0.15, 0.2) is 48.7 Å². The summed E-state index contributed by atoms with van der Waals surface area (Å²) < 4.78 is 11.0. The van der Waals surface area contributed by atoms with E-state index in [0.29, 0.717) is 30.5 Å². The van der Waals surface area contributed by atoms with Crippen LogP contribution in [0.1, 0.15) is 12.8 Å². The van der Waals surface area contributed by atoms with Gasteiger partial charge in [0.05, 0.1) is 6.04 Å². The Bertz CT molecular complexity index is 682. The van der Waals surface area contributed by atoms with Gasteiger partial charge in [0, 0.05) is 37.2 Å². The third-order valence-corrected chi connectivity index (χ3v) is 4.04. The lowest BCUT2D eigenvalue weighted by atomic mass is 9.92. The van der Waals surface area contributed by atoms with Gasteiger partial charge in [-0.3, -0.25) is 4.79 Å². The predicted molar refractivity (Wildman–Crippen MR) is 105 cm³/mol. The highest BCUT2D eigenvalue weighted by Crippen LogP contribution is 2.23. The van der Waals surface area contributed by atoms with E-state index in [1.807, 2.05) is 24.3 Å². The molecule has 1 aromatic carbocycles.